The van der Waals surface area contributed by atoms with Crippen molar-refractivity contribution in [1.29, 1.82) is 0 Å². The van der Waals surface area contributed by atoms with E-state index in [1.165, 1.54) is 0 Å². The van der Waals surface area contributed by atoms with E-state index in [2.05, 4.69) is 20.4 Å². The lowest BCUT2D eigenvalue weighted by Gasteiger charge is -2.31. The number of aromatic nitrogens is 2. The Kier molecular flexibility index (Phi) is 9.13. The zero-order chi connectivity index (χ0) is 25.6. The van der Waals surface area contributed by atoms with Crippen LogP contribution in [-0.2, 0) is 0 Å². The van der Waals surface area contributed by atoms with E-state index < -0.39 is 5.54 Å². The van der Waals surface area contributed by atoms with Crippen LogP contribution in [0.4, 0.5) is 5.95 Å². The number of hydrogen-bond acceptors (Lipinski definition) is 8. The van der Waals surface area contributed by atoms with E-state index in [-0.39, 0.29) is 24.5 Å². The first-order valence-electron chi connectivity index (χ1n) is 12.6. The van der Waals surface area contributed by atoms with Crippen molar-refractivity contribution >= 4 is 11.9 Å². The van der Waals surface area contributed by atoms with Gasteiger partial charge in [-0.2, -0.15) is 4.98 Å². The summed E-state index contributed by atoms with van der Waals surface area (Å²) in [6.45, 7) is 12.0. The molecule has 35 heavy (non-hydrogen) atoms. The molecule has 1 saturated heterocycles. The van der Waals surface area contributed by atoms with Gasteiger partial charge >= 0.3 is 0 Å². The van der Waals surface area contributed by atoms with Gasteiger partial charge in [-0.15, -0.1) is 0 Å². The molecule has 2 heterocycles. The van der Waals surface area contributed by atoms with E-state index in [0.29, 0.717) is 29.9 Å². The van der Waals surface area contributed by atoms with Gasteiger partial charge in [0.05, 0.1) is 19.1 Å². The number of aliphatic hydroxyl groups is 1. The van der Waals surface area contributed by atoms with Crippen molar-refractivity contribution in [3.63, 3.8) is 0 Å². The van der Waals surface area contributed by atoms with Gasteiger partial charge in [0.15, 0.2) is 0 Å². The maximum absolute atomic E-state index is 12.3. The largest absolute Gasteiger partial charge is 0.494 e. The van der Waals surface area contributed by atoms with Gasteiger partial charge in [0.2, 0.25) is 5.89 Å². The van der Waals surface area contributed by atoms with Crippen LogP contribution in [-0.4, -0.2) is 59.0 Å². The van der Waals surface area contributed by atoms with Gasteiger partial charge in [-0.1, -0.05) is 6.92 Å². The Balaban J connectivity index is 1.39. The number of aryl methyl sites for hydroxylation is 1. The molecule has 1 fully saturated rings. The number of rotatable bonds is 11. The third-order valence-corrected chi connectivity index (χ3v) is 6.93. The zero-order valence-electron chi connectivity index (χ0n) is 21.7. The van der Waals surface area contributed by atoms with Crippen molar-refractivity contribution in [2.75, 3.05) is 31.2 Å². The highest BCUT2D eigenvalue weighted by molar-refractivity contribution is 5.95. The average Bonchev–Trinajstić information content (AvgIpc) is 3.31. The smallest absolute Gasteiger partial charge is 0.266 e. The summed E-state index contributed by atoms with van der Waals surface area (Å²) in [5.74, 6) is 2.49. The molecule has 1 aliphatic rings. The molecule has 4 N–H and O–H groups in total. The summed E-state index contributed by atoms with van der Waals surface area (Å²) in [5.41, 5.74) is 7.22. The molecule has 194 valence electrons. The maximum Gasteiger partial charge on any atom is 0.266 e. The predicted octanol–water partition coefficient (Wildman–Crippen LogP) is 3.41. The molecule has 3 rings (SSSR count). The molecule has 1 aromatic heterocycles. The third-order valence-electron chi connectivity index (χ3n) is 6.93. The van der Waals surface area contributed by atoms with Crippen LogP contribution >= 0.6 is 0 Å². The highest BCUT2D eigenvalue weighted by Crippen LogP contribution is 2.28. The molecular weight excluding hydrogens is 446 g/mol. The molecule has 0 bridgehead atoms. The van der Waals surface area contributed by atoms with Crippen LogP contribution in [0, 0.1) is 12.8 Å². The van der Waals surface area contributed by atoms with Crippen molar-refractivity contribution in [1.82, 2.24) is 15.5 Å². The van der Waals surface area contributed by atoms with E-state index in [1.807, 2.05) is 39.8 Å². The first kappa shape index (κ1) is 26.9. The third kappa shape index (κ3) is 7.41. The number of carbonyl (C=O) groups is 1. The molecule has 9 heteroatoms. The molecule has 0 radical (unpaired) electrons. The summed E-state index contributed by atoms with van der Waals surface area (Å²) in [6.07, 6.45) is 4.28. The lowest BCUT2D eigenvalue weighted by molar-refractivity contribution is 0.0921. The van der Waals surface area contributed by atoms with E-state index in [1.54, 1.807) is 13.0 Å². The molecule has 9 nitrogen and oxygen atoms in total. The Bertz CT molecular complexity index is 963. The van der Waals surface area contributed by atoms with E-state index in [9.17, 15) is 4.79 Å². The van der Waals surface area contributed by atoms with Crippen molar-refractivity contribution < 1.29 is 19.2 Å². The number of nitrogens with zero attached hydrogens (tertiary/aromatic N) is 3. The molecular formula is C26H41N5O4. The van der Waals surface area contributed by atoms with Crippen LogP contribution < -0.4 is 20.7 Å². The first-order chi connectivity index (χ1) is 16.6. The normalized spacial score (nSPS) is 16.7. The number of aliphatic hydroxyl groups excluding tert-OH is 1. The van der Waals surface area contributed by atoms with Gasteiger partial charge in [-0.25, -0.2) is 0 Å². The van der Waals surface area contributed by atoms with Crippen molar-refractivity contribution in [2.45, 2.75) is 77.8 Å². The van der Waals surface area contributed by atoms with Gasteiger partial charge in [-0.05, 0) is 88.2 Å². The molecule has 2 atom stereocenters. The molecule has 0 aliphatic carbocycles. The van der Waals surface area contributed by atoms with Crippen LogP contribution in [0.2, 0.25) is 0 Å². The number of amides is 1. The Morgan fingerprint density at radius 2 is 2.06 bits per heavy atom. The quantitative estimate of drug-likeness (QED) is 0.412. The van der Waals surface area contributed by atoms with Crippen molar-refractivity contribution in [3.8, 4) is 5.75 Å². The Labute approximate surface area is 208 Å². The molecule has 1 aliphatic heterocycles. The number of nitrogens with two attached hydrogens (primary N) is 1. The fourth-order valence-corrected chi connectivity index (χ4v) is 4.16. The topological polar surface area (TPSA) is 127 Å². The van der Waals surface area contributed by atoms with Crippen LogP contribution in [0.15, 0.2) is 22.7 Å². The van der Waals surface area contributed by atoms with Gasteiger partial charge in [0, 0.05) is 30.2 Å². The molecule has 1 amide bonds. The minimum atomic E-state index is -0.409. The molecule has 1 aromatic carbocycles. The zero-order valence-corrected chi connectivity index (χ0v) is 21.7. The van der Waals surface area contributed by atoms with Crippen molar-refractivity contribution in [3.05, 3.63) is 35.2 Å². The van der Waals surface area contributed by atoms with Gasteiger partial charge < -0.3 is 30.3 Å². The predicted molar refractivity (Wildman–Crippen MR) is 136 cm³/mol. The summed E-state index contributed by atoms with van der Waals surface area (Å²) in [4.78, 5) is 19.1. The van der Waals surface area contributed by atoms with E-state index in [4.69, 9.17) is 20.1 Å². The van der Waals surface area contributed by atoms with Gasteiger partial charge in [-0.3, -0.25) is 4.79 Å². The second kappa shape index (κ2) is 11.9. The van der Waals surface area contributed by atoms with Crippen molar-refractivity contribution in [2.24, 2.45) is 11.7 Å². The molecule has 0 spiro atoms. The van der Waals surface area contributed by atoms with Crippen LogP contribution in [0.5, 0.6) is 5.75 Å². The Morgan fingerprint density at radius 1 is 1.34 bits per heavy atom. The average molecular weight is 488 g/mol. The first-order valence-corrected chi connectivity index (χ1v) is 12.6. The number of carbonyl (C=O) groups excluding carboxylic acids is 1. The summed E-state index contributed by atoms with van der Waals surface area (Å²) >= 11 is 0. The monoisotopic (exact) mass is 487 g/mol. The molecule has 2 aromatic rings. The lowest BCUT2D eigenvalue weighted by atomic mass is 9.90. The molecule has 2 unspecified atom stereocenters. The Hall–Kier alpha value is -2.65. The second-order valence-corrected chi connectivity index (χ2v) is 10.4. The summed E-state index contributed by atoms with van der Waals surface area (Å²) in [5, 5.41) is 16.1. The number of ether oxygens (including phenoxy) is 1. The molecule has 0 saturated carbocycles. The standard InChI is InChI=1S/C26H41N5O4/c1-17-15-21(8-9-22(17)23(33)28-18(2)16-32)34-14-6-7-20-10-12-31(13-11-20)25-29-24(35-30-25)19(3)26(4,5)27/h8-9,15,18-20,32H,6-7,10-14,16,27H2,1-5H3,(H,28,33). The summed E-state index contributed by atoms with van der Waals surface area (Å²) < 4.78 is 11.4. The number of anilines is 1. The fourth-order valence-electron chi connectivity index (χ4n) is 4.16. The second-order valence-electron chi connectivity index (χ2n) is 10.4. The van der Waals surface area contributed by atoms with Gasteiger partial charge in [0.25, 0.3) is 11.9 Å². The lowest BCUT2D eigenvalue weighted by Crippen LogP contribution is -2.38. The summed E-state index contributed by atoms with van der Waals surface area (Å²) in [6, 6.07) is 5.22. The minimum absolute atomic E-state index is 0.00612. The minimum Gasteiger partial charge on any atom is -0.494 e. The maximum atomic E-state index is 12.3. The SMILES string of the molecule is Cc1cc(OCCCC2CCN(c3noc(C(C)C(C)(C)N)n3)CC2)ccc1C(=O)NC(C)CO. The van der Waals surface area contributed by atoms with E-state index in [0.717, 1.165) is 50.1 Å². The highest BCUT2D eigenvalue weighted by Gasteiger charge is 2.29. The number of hydrogen-bond donors (Lipinski definition) is 3. The fraction of sp³-hybridized carbons (Fsp3) is 0.654. The van der Waals surface area contributed by atoms with Gasteiger partial charge in [0.1, 0.15) is 5.75 Å². The van der Waals surface area contributed by atoms with Crippen LogP contribution in [0.1, 0.15) is 81.1 Å². The number of piperidine rings is 1. The number of nitrogens with one attached hydrogen (secondary N) is 1. The summed E-state index contributed by atoms with van der Waals surface area (Å²) in [7, 11) is 0. The van der Waals surface area contributed by atoms with Crippen LogP contribution in [0.3, 0.4) is 0 Å². The highest BCUT2D eigenvalue weighted by atomic mass is 16.5. The Morgan fingerprint density at radius 3 is 2.69 bits per heavy atom. The van der Waals surface area contributed by atoms with Crippen LogP contribution in [0.25, 0.3) is 0 Å². The number of benzene rings is 1. The van der Waals surface area contributed by atoms with E-state index >= 15 is 0 Å².